The third-order valence-electron chi connectivity index (χ3n) is 10.9. The van der Waals surface area contributed by atoms with Crippen LogP contribution in [-0.4, -0.2) is 65.8 Å². The molecule has 8 rings (SSSR count). The van der Waals surface area contributed by atoms with E-state index in [-0.39, 0.29) is 35.1 Å². The smallest absolute Gasteiger partial charge is 0.150 e. The Bertz CT molecular complexity index is 2600. The highest BCUT2D eigenvalue weighted by atomic mass is 35.5. The summed E-state index contributed by atoms with van der Waals surface area (Å²) in [6.07, 6.45) is 3.89. The zero-order chi connectivity index (χ0) is 40.6. The van der Waals surface area contributed by atoms with Gasteiger partial charge in [0.15, 0.2) is 0 Å². The van der Waals surface area contributed by atoms with Crippen LogP contribution in [0.5, 0.6) is 0 Å². The summed E-state index contributed by atoms with van der Waals surface area (Å²) in [5.41, 5.74) is 16.2. The Hall–Kier alpha value is -4.37. The van der Waals surface area contributed by atoms with Gasteiger partial charge in [0.1, 0.15) is 37.0 Å². The summed E-state index contributed by atoms with van der Waals surface area (Å²) >= 11 is 12.3. The Kier molecular flexibility index (Phi) is 11.8. The number of hydrogen-bond acceptors (Lipinski definition) is 11. The van der Waals surface area contributed by atoms with Gasteiger partial charge in [-0.3, -0.25) is 0 Å². The van der Waals surface area contributed by atoms with E-state index >= 15 is 0 Å². The summed E-state index contributed by atoms with van der Waals surface area (Å²) in [6.45, 7) is 7.61. The average molecular weight is 854 g/mol. The molecule has 5 heterocycles. The monoisotopic (exact) mass is 852 g/mol. The van der Waals surface area contributed by atoms with Gasteiger partial charge in [0.25, 0.3) is 0 Å². The second-order valence-electron chi connectivity index (χ2n) is 15.0. The fourth-order valence-corrected chi connectivity index (χ4v) is 11.1. The lowest BCUT2D eigenvalue weighted by molar-refractivity contribution is 0.393. The Balaban J connectivity index is 0.000000188. The summed E-state index contributed by atoms with van der Waals surface area (Å²) in [4.78, 5) is 5.01. The van der Waals surface area contributed by atoms with Crippen molar-refractivity contribution in [1.82, 2.24) is 19.9 Å². The lowest BCUT2D eigenvalue weighted by Gasteiger charge is -2.26. The number of hydrogen-bond donors (Lipinski definition) is 2. The first kappa shape index (κ1) is 40.8. The van der Waals surface area contributed by atoms with Gasteiger partial charge in [0.05, 0.1) is 66.9 Å². The van der Waals surface area contributed by atoms with Crippen LogP contribution in [0.4, 0.5) is 11.4 Å². The van der Waals surface area contributed by atoms with E-state index < -0.39 is 19.7 Å². The van der Waals surface area contributed by atoms with Gasteiger partial charge < -0.3 is 24.7 Å². The van der Waals surface area contributed by atoms with Crippen LogP contribution in [0, 0.1) is 27.7 Å². The van der Waals surface area contributed by atoms with Crippen molar-refractivity contribution in [2.75, 3.05) is 34.1 Å². The van der Waals surface area contributed by atoms with E-state index in [2.05, 4.69) is 38.4 Å². The maximum Gasteiger partial charge on any atom is 0.150 e. The topological polar surface area (TPSA) is 176 Å². The quantitative estimate of drug-likeness (QED) is 0.140. The molecule has 0 amide bonds. The number of nitrogens with zero attached hydrogens (tertiary/aromatic N) is 4. The van der Waals surface area contributed by atoms with Crippen LogP contribution in [0.1, 0.15) is 66.0 Å². The van der Waals surface area contributed by atoms with E-state index in [1.165, 1.54) is 0 Å². The van der Waals surface area contributed by atoms with Crippen LogP contribution in [-0.2, 0) is 32.5 Å². The number of nitrogen functional groups attached to an aromatic ring is 1. The molecule has 3 N–H and O–H groups in total. The molecule has 0 atom stereocenters. The number of benzene rings is 3. The average Bonchev–Trinajstić information content (AvgIpc) is 3.82. The van der Waals surface area contributed by atoms with Crippen molar-refractivity contribution < 1.29 is 25.9 Å². The highest BCUT2D eigenvalue weighted by Crippen LogP contribution is 2.35. The zero-order valence-electron chi connectivity index (χ0n) is 32.3. The Morgan fingerprint density at radius 2 is 1.32 bits per heavy atom. The molecule has 0 unspecified atom stereocenters. The fourth-order valence-electron chi connectivity index (χ4n) is 7.87. The molecule has 0 saturated carbocycles. The first-order valence-corrected chi connectivity index (χ1v) is 23.4. The van der Waals surface area contributed by atoms with Gasteiger partial charge >= 0.3 is 0 Å². The van der Waals surface area contributed by atoms with E-state index in [1.54, 1.807) is 0 Å². The minimum absolute atomic E-state index is 0.0993. The molecule has 6 aromatic rings. The number of aryl methyl sites for hydroxylation is 6. The summed E-state index contributed by atoms with van der Waals surface area (Å²) in [5.74, 6) is 3.38. The molecule has 0 radical (unpaired) electrons. The van der Waals surface area contributed by atoms with Gasteiger partial charge in [0, 0.05) is 29.6 Å². The molecule has 2 fully saturated rings. The minimum Gasteiger partial charge on any atom is -0.397 e. The summed E-state index contributed by atoms with van der Waals surface area (Å²) in [7, 11) is -5.81. The van der Waals surface area contributed by atoms with Crippen molar-refractivity contribution in [1.29, 1.82) is 0 Å². The molecule has 0 bridgehead atoms. The molecule has 57 heavy (non-hydrogen) atoms. The normalized spacial score (nSPS) is 17.0. The summed E-state index contributed by atoms with van der Waals surface area (Å²) < 4.78 is 59.9. The van der Waals surface area contributed by atoms with E-state index in [0.717, 1.165) is 79.7 Å². The number of rotatable bonds is 8. The van der Waals surface area contributed by atoms with E-state index in [0.29, 0.717) is 47.8 Å². The van der Waals surface area contributed by atoms with Gasteiger partial charge in [-0.15, -0.1) is 0 Å². The molecule has 2 aliphatic rings. The SMILES string of the molecule is Cc1noc(C)c1-c1ccc(NC2CCS(=O)(=O)CC2)c(N)c1.Cc1noc(C)c1-c1ccc2c(c1)nc(CCc1ccc(Cl)c(Cl)c1)n2C1CCS(=O)(=O)CC1. The van der Waals surface area contributed by atoms with Crippen molar-refractivity contribution in [2.45, 2.75) is 78.3 Å². The van der Waals surface area contributed by atoms with Crippen molar-refractivity contribution in [3.05, 3.63) is 98.9 Å². The molecule has 302 valence electrons. The lowest BCUT2D eigenvalue weighted by atomic mass is 10.0. The summed E-state index contributed by atoms with van der Waals surface area (Å²) in [6, 6.07) is 17.9. The predicted octanol–water partition coefficient (Wildman–Crippen LogP) is 8.68. The van der Waals surface area contributed by atoms with Crippen LogP contribution in [0.3, 0.4) is 0 Å². The van der Waals surface area contributed by atoms with Gasteiger partial charge in [0.2, 0.25) is 0 Å². The van der Waals surface area contributed by atoms with Crippen molar-refractivity contribution in [3.63, 3.8) is 0 Å². The Morgan fingerprint density at radius 3 is 1.88 bits per heavy atom. The number of nitrogens with two attached hydrogens (primary N) is 1. The first-order valence-electron chi connectivity index (χ1n) is 19.0. The largest absolute Gasteiger partial charge is 0.397 e. The third kappa shape index (κ3) is 9.19. The fraction of sp³-hybridized carbons (Fsp3) is 0.390. The van der Waals surface area contributed by atoms with Gasteiger partial charge in [-0.25, -0.2) is 21.8 Å². The molecule has 12 nitrogen and oxygen atoms in total. The second kappa shape index (κ2) is 16.5. The first-order chi connectivity index (χ1) is 27.1. The van der Waals surface area contributed by atoms with E-state index in [1.807, 2.05) is 64.1 Å². The van der Waals surface area contributed by atoms with Crippen LogP contribution >= 0.6 is 23.2 Å². The highest BCUT2D eigenvalue weighted by Gasteiger charge is 2.28. The van der Waals surface area contributed by atoms with Crippen LogP contribution in [0.25, 0.3) is 33.3 Å². The highest BCUT2D eigenvalue weighted by molar-refractivity contribution is 7.91. The van der Waals surface area contributed by atoms with Crippen molar-refractivity contribution >= 4 is 65.3 Å². The van der Waals surface area contributed by atoms with Crippen molar-refractivity contribution in [2.24, 2.45) is 0 Å². The number of sulfone groups is 2. The third-order valence-corrected chi connectivity index (χ3v) is 15.1. The maximum absolute atomic E-state index is 12.1. The molecule has 3 aromatic carbocycles. The van der Waals surface area contributed by atoms with Crippen molar-refractivity contribution in [3.8, 4) is 22.3 Å². The molecule has 2 saturated heterocycles. The Morgan fingerprint density at radius 1 is 0.737 bits per heavy atom. The lowest BCUT2D eigenvalue weighted by Crippen LogP contribution is -2.32. The predicted molar refractivity (Wildman–Crippen MR) is 227 cm³/mol. The number of aromatic nitrogens is 4. The van der Waals surface area contributed by atoms with Gasteiger partial charge in [-0.05, 0) is 113 Å². The number of imidazole rings is 1. The van der Waals surface area contributed by atoms with Crippen LogP contribution in [0.15, 0.2) is 63.6 Å². The van der Waals surface area contributed by atoms with Crippen LogP contribution in [0.2, 0.25) is 10.0 Å². The number of halogens is 2. The molecule has 3 aromatic heterocycles. The minimum atomic E-state index is -2.96. The van der Waals surface area contributed by atoms with Gasteiger partial charge in [-0.2, -0.15) is 0 Å². The molecule has 2 aliphatic heterocycles. The number of nitrogens with one attached hydrogen (secondary N) is 1. The number of fused-ring (bicyclic) bond motifs is 1. The Labute approximate surface area is 342 Å². The summed E-state index contributed by atoms with van der Waals surface area (Å²) in [5, 5.41) is 12.5. The molecule has 0 aliphatic carbocycles. The molecule has 16 heteroatoms. The van der Waals surface area contributed by atoms with E-state index in [4.69, 9.17) is 43.0 Å². The number of anilines is 2. The standard InChI is InChI=1S/C25H25Cl2N3O3S.C16H21N3O3S/c1-15-25(16(2)33-29-15)18-5-7-23-22(14-18)28-24(8-4-17-3-6-20(26)21(27)13-17)30(23)19-9-11-34(31,32)12-10-19;1-10-16(11(2)22-19-10)12-3-4-15(14(17)9-12)18-13-5-7-23(20,21)8-6-13/h3,5-7,13-14,19H,4,8-12H2,1-2H3;3-4,9,13,18H,5-8,17H2,1-2H3. The molecule has 0 spiro atoms. The molecular weight excluding hydrogens is 808 g/mol. The van der Waals surface area contributed by atoms with Gasteiger partial charge in [-0.1, -0.05) is 51.7 Å². The second-order valence-corrected chi connectivity index (χ2v) is 20.4. The van der Waals surface area contributed by atoms with E-state index in [9.17, 15) is 16.8 Å². The molecular formula is C41H46Cl2N6O6S2. The zero-order valence-corrected chi connectivity index (χ0v) is 35.5. The van der Waals surface area contributed by atoms with Crippen LogP contribution < -0.4 is 11.1 Å². The maximum atomic E-state index is 12.1.